The summed E-state index contributed by atoms with van der Waals surface area (Å²) in [5.74, 6) is -0.967. The second-order valence-corrected chi connectivity index (χ2v) is 11.0. The van der Waals surface area contributed by atoms with Crippen LogP contribution >= 0.6 is 0 Å². The number of nitrogens with one attached hydrogen (secondary N) is 4. The number of carbonyl (C=O) groups excluding carboxylic acids is 4. The van der Waals surface area contributed by atoms with Crippen molar-refractivity contribution in [2.45, 2.75) is 90.5 Å². The summed E-state index contributed by atoms with van der Waals surface area (Å²) in [5.41, 5.74) is -0.102. The van der Waals surface area contributed by atoms with Crippen molar-refractivity contribution in [1.29, 1.82) is 0 Å². The lowest BCUT2D eigenvalue weighted by Gasteiger charge is -2.24. The van der Waals surface area contributed by atoms with Crippen LogP contribution in [0.5, 0.6) is 0 Å². The number of aromatic nitrogens is 1. The summed E-state index contributed by atoms with van der Waals surface area (Å²) in [5, 5.41) is 8.56. The van der Waals surface area contributed by atoms with Gasteiger partial charge in [-0.05, 0) is 84.6 Å². The smallest absolute Gasteiger partial charge is 0.408 e. The Bertz CT molecular complexity index is 1120. The molecule has 1 aromatic carbocycles. The minimum Gasteiger partial charge on any atom is -0.444 e. The summed E-state index contributed by atoms with van der Waals surface area (Å²) in [7, 11) is 0. The zero-order valence-electron chi connectivity index (χ0n) is 22.8. The third-order valence-corrected chi connectivity index (χ3v) is 5.21. The summed E-state index contributed by atoms with van der Waals surface area (Å²) < 4.78 is 24.0. The average Bonchev–Trinajstić information content (AvgIpc) is 3.16. The monoisotopic (exact) mass is 533 g/mol. The second-order valence-electron chi connectivity index (χ2n) is 11.0. The number of aromatic amines is 1. The number of hydrogen-bond donors (Lipinski definition) is 4. The Labute approximate surface area is 222 Å². The summed E-state index contributed by atoms with van der Waals surface area (Å²) in [6.07, 6.45) is 3.53. The van der Waals surface area contributed by atoms with Crippen molar-refractivity contribution in [3.8, 4) is 0 Å². The van der Waals surface area contributed by atoms with Gasteiger partial charge in [-0.2, -0.15) is 0 Å². The third-order valence-electron chi connectivity index (χ3n) is 5.21. The lowest BCUT2D eigenvalue weighted by molar-refractivity contribution is -0.123. The van der Waals surface area contributed by atoms with Gasteiger partial charge in [0.05, 0.1) is 6.04 Å². The fourth-order valence-corrected chi connectivity index (χ4v) is 3.64. The van der Waals surface area contributed by atoms with Crippen molar-refractivity contribution in [3.63, 3.8) is 0 Å². The summed E-state index contributed by atoms with van der Waals surface area (Å²) in [6, 6.07) is 2.27. The Kier molecular flexibility index (Phi) is 10.7. The molecule has 4 N–H and O–H groups in total. The van der Waals surface area contributed by atoms with Crippen LogP contribution in [-0.2, 0) is 25.5 Å². The number of fused-ring (bicyclic) bond motifs is 1. The highest BCUT2D eigenvalue weighted by Gasteiger charge is 2.26. The molecular weight excluding hydrogens is 495 g/mol. The Balaban J connectivity index is 2.00. The molecule has 1 radical (unpaired) electrons. The number of ether oxygens (including phenoxy) is 2. The fourth-order valence-electron chi connectivity index (χ4n) is 3.64. The summed E-state index contributed by atoms with van der Waals surface area (Å²) in [4.78, 5) is 51.9. The molecule has 0 saturated heterocycles. The van der Waals surface area contributed by atoms with Crippen LogP contribution in [0.1, 0.15) is 66.4 Å². The zero-order valence-corrected chi connectivity index (χ0v) is 22.8. The molecule has 209 valence electrons. The maximum atomic E-state index is 13.5. The van der Waals surface area contributed by atoms with Gasteiger partial charge in [0.1, 0.15) is 23.1 Å². The Morgan fingerprint density at radius 1 is 1.00 bits per heavy atom. The van der Waals surface area contributed by atoms with Gasteiger partial charge in [0.15, 0.2) is 0 Å². The largest absolute Gasteiger partial charge is 0.444 e. The lowest BCUT2D eigenvalue weighted by Crippen LogP contribution is -2.51. The van der Waals surface area contributed by atoms with E-state index < -0.39 is 47.2 Å². The topological polar surface area (TPSA) is 139 Å². The van der Waals surface area contributed by atoms with E-state index in [1.807, 2.05) is 6.29 Å². The van der Waals surface area contributed by atoms with Crippen LogP contribution in [0.3, 0.4) is 0 Å². The molecule has 0 aliphatic rings. The predicted molar refractivity (Wildman–Crippen MR) is 141 cm³/mol. The lowest BCUT2D eigenvalue weighted by atomic mass is 10.0. The van der Waals surface area contributed by atoms with Gasteiger partial charge in [-0.15, -0.1) is 0 Å². The molecule has 0 saturated carbocycles. The molecule has 3 amide bonds. The van der Waals surface area contributed by atoms with E-state index >= 15 is 0 Å². The molecule has 0 aliphatic heterocycles. The first kappa shape index (κ1) is 30.6. The van der Waals surface area contributed by atoms with Crippen LogP contribution in [0.4, 0.5) is 14.0 Å². The van der Waals surface area contributed by atoms with Crippen LogP contribution in [0.25, 0.3) is 10.9 Å². The van der Waals surface area contributed by atoms with E-state index in [-0.39, 0.29) is 12.8 Å². The van der Waals surface area contributed by atoms with E-state index in [1.54, 1.807) is 53.8 Å². The predicted octanol–water partition coefficient (Wildman–Crippen LogP) is 4.03. The van der Waals surface area contributed by atoms with E-state index in [2.05, 4.69) is 20.9 Å². The first-order valence-electron chi connectivity index (χ1n) is 12.6. The third kappa shape index (κ3) is 10.8. The minimum atomic E-state index is -0.997. The van der Waals surface area contributed by atoms with Gasteiger partial charge >= 0.3 is 12.2 Å². The Hall–Kier alpha value is -3.63. The van der Waals surface area contributed by atoms with Crippen molar-refractivity contribution in [1.82, 2.24) is 20.9 Å². The highest BCUT2D eigenvalue weighted by Crippen LogP contribution is 2.20. The SMILES string of the molecule is CC(C)(C)OC(=O)NCCCC[C@H](NC(=O)OC(C)(C)C)C(=O)N[C@H]([C]=O)Cc1c[nH]c2cc(F)ccc12. The van der Waals surface area contributed by atoms with Gasteiger partial charge < -0.3 is 30.4 Å². The van der Waals surface area contributed by atoms with Crippen LogP contribution in [0.15, 0.2) is 24.4 Å². The summed E-state index contributed by atoms with van der Waals surface area (Å²) >= 11 is 0. The average molecular weight is 534 g/mol. The number of hydrogen-bond acceptors (Lipinski definition) is 6. The first-order chi connectivity index (χ1) is 17.7. The number of amides is 3. The van der Waals surface area contributed by atoms with Gasteiger partial charge in [-0.1, -0.05) is 0 Å². The number of rotatable bonds is 11. The maximum absolute atomic E-state index is 13.5. The molecule has 38 heavy (non-hydrogen) atoms. The molecule has 0 spiro atoms. The number of halogens is 1. The zero-order chi connectivity index (χ0) is 28.5. The van der Waals surface area contributed by atoms with Crippen molar-refractivity contribution < 1.29 is 33.0 Å². The highest BCUT2D eigenvalue weighted by atomic mass is 19.1. The van der Waals surface area contributed by atoms with E-state index in [1.165, 1.54) is 12.1 Å². The van der Waals surface area contributed by atoms with E-state index in [9.17, 15) is 23.6 Å². The van der Waals surface area contributed by atoms with Crippen LogP contribution in [0.2, 0.25) is 0 Å². The highest BCUT2D eigenvalue weighted by molar-refractivity contribution is 5.88. The van der Waals surface area contributed by atoms with Gasteiger partial charge in [-0.3, -0.25) is 9.59 Å². The van der Waals surface area contributed by atoms with E-state index in [0.717, 1.165) is 5.39 Å². The normalized spacial score (nSPS) is 13.3. The molecule has 10 nitrogen and oxygen atoms in total. The molecule has 0 aliphatic carbocycles. The van der Waals surface area contributed by atoms with Gasteiger partial charge in [0.2, 0.25) is 12.2 Å². The second kappa shape index (κ2) is 13.3. The number of benzene rings is 1. The fraction of sp³-hybridized carbons (Fsp3) is 0.556. The van der Waals surface area contributed by atoms with Gasteiger partial charge in [-0.25, -0.2) is 14.0 Å². The van der Waals surface area contributed by atoms with Crippen molar-refractivity contribution in [2.24, 2.45) is 0 Å². The number of carbonyl (C=O) groups is 3. The van der Waals surface area contributed by atoms with Crippen LogP contribution in [-0.4, -0.2) is 59.2 Å². The molecular formula is C27H38FN4O6. The molecule has 2 rings (SSSR count). The van der Waals surface area contributed by atoms with Crippen molar-refractivity contribution in [3.05, 3.63) is 35.8 Å². The van der Waals surface area contributed by atoms with Crippen molar-refractivity contribution >= 4 is 35.3 Å². The molecule has 0 unspecified atom stereocenters. The number of H-pyrrole nitrogens is 1. The standard InChI is InChI=1S/C27H38FN4O6/c1-26(2,3)37-24(35)29-12-8-7-9-21(32-25(36)38-27(4,5)6)23(34)31-19(16-33)13-17-15-30-22-14-18(28)10-11-20(17)22/h10-11,14-15,19,21,30H,7-9,12-13H2,1-6H3,(H,29,35)(H,31,34)(H,32,36)/t19-,21-/m0/s1. The Morgan fingerprint density at radius 3 is 2.29 bits per heavy atom. The van der Waals surface area contributed by atoms with Crippen molar-refractivity contribution in [2.75, 3.05) is 6.54 Å². The van der Waals surface area contributed by atoms with E-state index in [4.69, 9.17) is 9.47 Å². The number of unbranched alkanes of at least 4 members (excludes halogenated alkanes) is 1. The molecule has 0 fully saturated rings. The Morgan fingerprint density at radius 2 is 1.66 bits per heavy atom. The molecule has 11 heteroatoms. The quantitative estimate of drug-likeness (QED) is 0.322. The van der Waals surface area contributed by atoms with Gasteiger partial charge in [0.25, 0.3) is 0 Å². The first-order valence-corrected chi connectivity index (χ1v) is 12.6. The maximum Gasteiger partial charge on any atom is 0.408 e. The molecule has 0 bridgehead atoms. The summed E-state index contributed by atoms with van der Waals surface area (Å²) in [6.45, 7) is 10.7. The molecule has 2 atom stereocenters. The molecule has 1 heterocycles. The minimum absolute atomic E-state index is 0.125. The molecule has 2 aromatic rings. The van der Waals surface area contributed by atoms with Gasteiger partial charge in [0, 0.05) is 30.1 Å². The molecule has 1 aromatic heterocycles. The van der Waals surface area contributed by atoms with Crippen LogP contribution in [0, 0.1) is 5.82 Å². The number of alkyl carbamates (subject to hydrolysis) is 2. The van der Waals surface area contributed by atoms with Crippen LogP contribution < -0.4 is 16.0 Å². The van der Waals surface area contributed by atoms with E-state index in [0.29, 0.717) is 30.5 Å².